The molecule has 1 aliphatic heterocycles. The third-order valence-corrected chi connectivity index (χ3v) is 2.81. The zero-order chi connectivity index (χ0) is 12.1. The van der Waals surface area contributed by atoms with Gasteiger partial charge in [-0.15, -0.1) is 0 Å². The number of hydrogen-bond donors (Lipinski definition) is 1. The number of aromatic nitrogens is 2. The summed E-state index contributed by atoms with van der Waals surface area (Å²) in [5.41, 5.74) is -0.758. The number of aliphatic hydroxyl groups is 1. The number of aryl methyl sites for hydroxylation is 1. The van der Waals surface area contributed by atoms with Crippen LogP contribution in [0.25, 0.3) is 0 Å². The lowest BCUT2D eigenvalue weighted by molar-refractivity contribution is -0.388. The second kappa shape index (κ2) is 3.18. The van der Waals surface area contributed by atoms with Crippen molar-refractivity contribution in [2.75, 3.05) is 18.0 Å². The van der Waals surface area contributed by atoms with E-state index in [-0.39, 0.29) is 5.82 Å². The summed E-state index contributed by atoms with van der Waals surface area (Å²) in [6.45, 7) is 4.21. The molecule has 1 aromatic rings. The van der Waals surface area contributed by atoms with Gasteiger partial charge in [0.25, 0.3) is 0 Å². The maximum Gasteiger partial charge on any atom is 0.406 e. The van der Waals surface area contributed by atoms with E-state index in [1.807, 2.05) is 0 Å². The van der Waals surface area contributed by atoms with Crippen LogP contribution < -0.4 is 4.90 Å². The van der Waals surface area contributed by atoms with Gasteiger partial charge in [-0.05, 0) is 16.8 Å². The Labute approximate surface area is 92.5 Å². The Kier molecular flexibility index (Phi) is 2.16. The van der Waals surface area contributed by atoms with Gasteiger partial charge in [-0.1, -0.05) is 0 Å². The highest BCUT2D eigenvalue weighted by atomic mass is 16.6. The van der Waals surface area contributed by atoms with Crippen LogP contribution in [-0.4, -0.2) is 38.3 Å². The van der Waals surface area contributed by atoms with Gasteiger partial charge in [0.15, 0.2) is 0 Å². The number of hydrogen-bond acceptors (Lipinski definition) is 5. The first-order chi connectivity index (χ1) is 7.32. The smallest absolute Gasteiger partial charge is 0.386 e. The number of β-amino-alcohol motifs (C(OH)–C–C–N with tert-alkyl or cyclic N) is 1. The molecule has 7 heteroatoms. The third kappa shape index (κ3) is 1.53. The Hall–Kier alpha value is -1.63. The maximum absolute atomic E-state index is 10.8. The summed E-state index contributed by atoms with van der Waals surface area (Å²) < 4.78 is 1.67. The Morgan fingerprint density at radius 3 is 2.56 bits per heavy atom. The van der Waals surface area contributed by atoms with Gasteiger partial charge in [-0.3, -0.25) is 4.57 Å². The fourth-order valence-corrected chi connectivity index (χ4v) is 1.98. The molecule has 2 heterocycles. The van der Waals surface area contributed by atoms with Crippen LogP contribution in [0.5, 0.6) is 0 Å². The molecule has 1 aromatic heterocycles. The highest BCUT2D eigenvalue weighted by Gasteiger charge is 2.42. The normalized spacial score (nSPS) is 18.4. The molecule has 2 rings (SSSR count). The minimum Gasteiger partial charge on any atom is -0.386 e. The molecule has 0 bridgehead atoms. The van der Waals surface area contributed by atoms with Crippen molar-refractivity contribution in [1.29, 1.82) is 0 Å². The van der Waals surface area contributed by atoms with E-state index in [4.69, 9.17) is 0 Å². The second-order valence-electron chi connectivity index (χ2n) is 4.48. The molecular formula is C9H14N4O3. The van der Waals surface area contributed by atoms with Crippen molar-refractivity contribution in [3.63, 3.8) is 0 Å². The van der Waals surface area contributed by atoms with Gasteiger partial charge in [0.2, 0.25) is 11.6 Å². The molecule has 0 aliphatic carbocycles. The van der Waals surface area contributed by atoms with Crippen LogP contribution in [0.15, 0.2) is 0 Å². The van der Waals surface area contributed by atoms with E-state index in [1.54, 1.807) is 30.4 Å². The van der Waals surface area contributed by atoms with Gasteiger partial charge >= 0.3 is 5.82 Å². The molecule has 0 amide bonds. The van der Waals surface area contributed by atoms with E-state index in [2.05, 4.69) is 4.98 Å². The SMILES string of the molecule is Cc1nc([N+](=O)[O-])c(N2CC(C)(O)C2)n1C. The minimum absolute atomic E-state index is 0.143. The van der Waals surface area contributed by atoms with Crippen molar-refractivity contribution in [3.05, 3.63) is 15.9 Å². The molecule has 0 aromatic carbocycles. The summed E-state index contributed by atoms with van der Waals surface area (Å²) in [4.78, 5) is 16.0. The predicted molar refractivity (Wildman–Crippen MR) is 57.4 cm³/mol. The summed E-state index contributed by atoms with van der Waals surface area (Å²) >= 11 is 0. The van der Waals surface area contributed by atoms with Crippen LogP contribution in [0.1, 0.15) is 12.7 Å². The zero-order valence-corrected chi connectivity index (χ0v) is 9.47. The molecule has 0 unspecified atom stereocenters. The van der Waals surface area contributed by atoms with Crippen LogP contribution in [0.4, 0.5) is 11.6 Å². The quantitative estimate of drug-likeness (QED) is 0.575. The Bertz CT molecular complexity index is 444. The number of rotatable bonds is 2. The average molecular weight is 226 g/mol. The molecule has 1 N–H and O–H groups in total. The Balaban J connectivity index is 2.37. The Morgan fingerprint density at radius 1 is 1.56 bits per heavy atom. The summed E-state index contributed by atoms with van der Waals surface area (Å²) in [6.07, 6.45) is 0. The van der Waals surface area contributed by atoms with Gasteiger partial charge in [-0.2, -0.15) is 0 Å². The summed E-state index contributed by atoms with van der Waals surface area (Å²) in [5, 5.41) is 20.5. The zero-order valence-electron chi connectivity index (χ0n) is 9.47. The van der Waals surface area contributed by atoms with E-state index < -0.39 is 10.5 Å². The lowest BCUT2D eigenvalue weighted by Gasteiger charge is -2.44. The standard InChI is InChI=1S/C9H14N4O3/c1-6-10-7(13(15)16)8(11(6)3)12-4-9(2,14)5-12/h14H,4-5H2,1-3H3. The Morgan fingerprint density at radius 2 is 2.12 bits per heavy atom. The van der Waals surface area contributed by atoms with Crippen LogP contribution in [0.3, 0.4) is 0 Å². The van der Waals surface area contributed by atoms with E-state index in [1.165, 1.54) is 0 Å². The second-order valence-corrected chi connectivity index (χ2v) is 4.48. The molecule has 1 aliphatic rings. The molecule has 1 fully saturated rings. The summed E-state index contributed by atoms with van der Waals surface area (Å²) in [7, 11) is 1.73. The lowest BCUT2D eigenvalue weighted by atomic mass is 9.97. The molecule has 0 atom stereocenters. The first-order valence-electron chi connectivity index (χ1n) is 4.97. The van der Waals surface area contributed by atoms with Crippen LogP contribution in [0.2, 0.25) is 0 Å². The van der Waals surface area contributed by atoms with Crippen molar-refractivity contribution >= 4 is 11.6 Å². The molecule has 88 valence electrons. The molecule has 1 saturated heterocycles. The highest BCUT2D eigenvalue weighted by molar-refractivity contribution is 5.58. The van der Waals surface area contributed by atoms with Crippen LogP contribution in [0, 0.1) is 17.0 Å². The van der Waals surface area contributed by atoms with Crippen LogP contribution >= 0.6 is 0 Å². The van der Waals surface area contributed by atoms with E-state index in [9.17, 15) is 15.2 Å². The topological polar surface area (TPSA) is 84.4 Å². The number of nitro groups is 1. The predicted octanol–water partition coefficient (Wildman–Crippen LogP) is 0.208. The third-order valence-electron chi connectivity index (χ3n) is 2.81. The molecule has 0 spiro atoms. The first kappa shape index (κ1) is 10.9. The van der Waals surface area contributed by atoms with Crippen molar-refractivity contribution in [2.24, 2.45) is 7.05 Å². The molecule has 16 heavy (non-hydrogen) atoms. The van der Waals surface area contributed by atoms with Crippen molar-refractivity contribution in [3.8, 4) is 0 Å². The molecule has 7 nitrogen and oxygen atoms in total. The first-order valence-corrected chi connectivity index (χ1v) is 4.97. The van der Waals surface area contributed by atoms with Crippen molar-refractivity contribution in [2.45, 2.75) is 19.4 Å². The van der Waals surface area contributed by atoms with Crippen LogP contribution in [-0.2, 0) is 7.05 Å². The van der Waals surface area contributed by atoms with E-state index in [0.717, 1.165) is 0 Å². The van der Waals surface area contributed by atoms with Crippen molar-refractivity contribution < 1.29 is 10.0 Å². The molecule has 0 radical (unpaired) electrons. The summed E-state index contributed by atoms with van der Waals surface area (Å²) in [5.74, 6) is 0.915. The van der Waals surface area contributed by atoms with Gasteiger partial charge in [0.05, 0.1) is 5.60 Å². The van der Waals surface area contributed by atoms with Gasteiger partial charge in [0.1, 0.15) is 0 Å². The van der Waals surface area contributed by atoms with Gasteiger partial charge in [-0.25, -0.2) is 0 Å². The molecular weight excluding hydrogens is 212 g/mol. The number of imidazole rings is 1. The summed E-state index contributed by atoms with van der Waals surface area (Å²) in [6, 6.07) is 0. The van der Waals surface area contributed by atoms with Crippen molar-refractivity contribution in [1.82, 2.24) is 9.55 Å². The number of anilines is 1. The van der Waals surface area contributed by atoms with Gasteiger partial charge in [0, 0.05) is 27.1 Å². The fourth-order valence-electron chi connectivity index (χ4n) is 1.98. The lowest BCUT2D eigenvalue weighted by Crippen LogP contribution is -2.60. The van der Waals surface area contributed by atoms with E-state index >= 15 is 0 Å². The largest absolute Gasteiger partial charge is 0.406 e. The maximum atomic E-state index is 10.8. The number of nitrogens with zero attached hydrogens (tertiary/aromatic N) is 4. The molecule has 0 saturated carbocycles. The fraction of sp³-hybridized carbons (Fsp3) is 0.667. The average Bonchev–Trinajstić information content (AvgIpc) is 2.40. The van der Waals surface area contributed by atoms with Gasteiger partial charge < -0.3 is 20.1 Å². The minimum atomic E-state index is -0.758. The monoisotopic (exact) mass is 226 g/mol. The van der Waals surface area contributed by atoms with E-state index in [0.29, 0.717) is 24.7 Å². The highest BCUT2D eigenvalue weighted by Crippen LogP contribution is 2.34.